The van der Waals surface area contributed by atoms with Gasteiger partial charge in [0.05, 0.1) is 6.04 Å². The van der Waals surface area contributed by atoms with Gasteiger partial charge in [0.1, 0.15) is 5.82 Å². The Balaban J connectivity index is 1.44. The molecule has 2 atom stereocenters. The number of nitrogens with zero attached hydrogens (tertiary/aromatic N) is 4. The number of nitrogens with one attached hydrogen (secondary N) is 1. The van der Waals surface area contributed by atoms with E-state index in [9.17, 15) is 4.79 Å². The molecule has 0 radical (unpaired) electrons. The molecule has 0 spiro atoms. The number of rotatable bonds is 7. The lowest BCUT2D eigenvalue weighted by Crippen LogP contribution is -2.52. The second kappa shape index (κ2) is 9.85. The van der Waals surface area contributed by atoms with E-state index in [2.05, 4.69) is 43.7 Å². The first kappa shape index (κ1) is 19.8. The van der Waals surface area contributed by atoms with Crippen LogP contribution >= 0.6 is 0 Å². The zero-order valence-electron chi connectivity index (χ0n) is 16.5. The van der Waals surface area contributed by atoms with Crippen LogP contribution in [0.1, 0.15) is 19.8 Å². The van der Waals surface area contributed by atoms with Gasteiger partial charge in [-0.15, -0.1) is 6.58 Å². The minimum atomic E-state index is -0.0613. The molecule has 1 aromatic heterocycles. The van der Waals surface area contributed by atoms with Crippen molar-refractivity contribution in [1.29, 1.82) is 0 Å². The Morgan fingerprint density at radius 2 is 2.15 bits per heavy atom. The van der Waals surface area contributed by atoms with Crippen molar-refractivity contribution in [3.63, 3.8) is 0 Å². The van der Waals surface area contributed by atoms with E-state index in [1.54, 1.807) is 6.08 Å². The van der Waals surface area contributed by atoms with E-state index in [1.165, 1.54) is 12.8 Å². The number of hydrogen-bond acceptors (Lipinski definition) is 5. The maximum atomic E-state index is 12.2. The van der Waals surface area contributed by atoms with Crippen molar-refractivity contribution in [3.05, 3.63) is 37.1 Å². The third-order valence-electron chi connectivity index (χ3n) is 5.76. The van der Waals surface area contributed by atoms with E-state index in [-0.39, 0.29) is 11.9 Å². The van der Waals surface area contributed by atoms with Gasteiger partial charge in [-0.1, -0.05) is 12.1 Å². The topological polar surface area (TPSA) is 51.7 Å². The van der Waals surface area contributed by atoms with Crippen molar-refractivity contribution in [2.24, 2.45) is 5.92 Å². The highest BCUT2D eigenvalue weighted by atomic mass is 16.2. The molecule has 0 unspecified atom stereocenters. The molecule has 2 aliphatic heterocycles. The summed E-state index contributed by atoms with van der Waals surface area (Å²) >= 11 is 0. The van der Waals surface area contributed by atoms with Gasteiger partial charge in [-0.05, 0) is 44.4 Å². The van der Waals surface area contributed by atoms with Gasteiger partial charge >= 0.3 is 0 Å². The number of amides is 1. The molecular formula is C21H33N5O. The van der Waals surface area contributed by atoms with Crippen LogP contribution in [0.3, 0.4) is 0 Å². The van der Waals surface area contributed by atoms with Crippen molar-refractivity contribution in [1.82, 2.24) is 20.1 Å². The minimum absolute atomic E-state index is 0.0613. The molecule has 27 heavy (non-hydrogen) atoms. The molecule has 0 bridgehead atoms. The molecule has 0 aliphatic carbocycles. The maximum absolute atomic E-state index is 12.2. The van der Waals surface area contributed by atoms with E-state index in [4.69, 9.17) is 0 Å². The van der Waals surface area contributed by atoms with Gasteiger partial charge in [0.15, 0.2) is 0 Å². The van der Waals surface area contributed by atoms with Crippen molar-refractivity contribution < 1.29 is 4.79 Å². The molecule has 148 valence electrons. The molecule has 1 N–H and O–H groups in total. The van der Waals surface area contributed by atoms with Crippen LogP contribution in [0.4, 0.5) is 5.82 Å². The normalized spacial score (nSPS) is 23.0. The van der Waals surface area contributed by atoms with Crippen LogP contribution in [0.15, 0.2) is 37.1 Å². The summed E-state index contributed by atoms with van der Waals surface area (Å²) in [6.45, 7) is 13.6. The molecule has 2 fully saturated rings. The summed E-state index contributed by atoms with van der Waals surface area (Å²) in [4.78, 5) is 24.0. The van der Waals surface area contributed by atoms with E-state index >= 15 is 0 Å². The molecule has 3 heterocycles. The SMILES string of the molecule is C=CCNC(=O)[C@@H](C)N1CCC[C@H](CN2CCN(c3ccccn3)CC2)C1. The van der Waals surface area contributed by atoms with Crippen LogP contribution in [-0.2, 0) is 4.79 Å². The number of carbonyl (C=O) groups excluding carboxylic acids is 1. The zero-order chi connectivity index (χ0) is 19.1. The van der Waals surface area contributed by atoms with Gasteiger partial charge in [0.25, 0.3) is 0 Å². The van der Waals surface area contributed by atoms with Crippen LogP contribution in [0, 0.1) is 5.92 Å². The molecule has 3 rings (SSSR count). The lowest BCUT2D eigenvalue weighted by atomic mass is 9.95. The first-order valence-corrected chi connectivity index (χ1v) is 10.2. The van der Waals surface area contributed by atoms with E-state index < -0.39 is 0 Å². The average Bonchev–Trinajstić information content (AvgIpc) is 2.73. The van der Waals surface area contributed by atoms with Crippen molar-refractivity contribution >= 4 is 11.7 Å². The van der Waals surface area contributed by atoms with Gasteiger partial charge in [0.2, 0.25) is 5.91 Å². The molecule has 1 amide bonds. The number of carbonyl (C=O) groups is 1. The molecular weight excluding hydrogens is 338 g/mol. The van der Waals surface area contributed by atoms with Gasteiger partial charge < -0.3 is 10.2 Å². The summed E-state index contributed by atoms with van der Waals surface area (Å²) in [6.07, 6.45) is 6.04. The number of anilines is 1. The highest BCUT2D eigenvalue weighted by molar-refractivity contribution is 5.81. The number of aromatic nitrogens is 1. The number of piperidine rings is 1. The second-order valence-electron chi connectivity index (χ2n) is 7.69. The van der Waals surface area contributed by atoms with Crippen LogP contribution in [0.5, 0.6) is 0 Å². The third-order valence-corrected chi connectivity index (χ3v) is 5.76. The van der Waals surface area contributed by atoms with Crippen LogP contribution in [-0.4, -0.2) is 79.1 Å². The highest BCUT2D eigenvalue weighted by Gasteiger charge is 2.29. The molecule has 6 nitrogen and oxygen atoms in total. The molecule has 2 aliphatic rings. The predicted octanol–water partition coefficient (Wildman–Crippen LogP) is 1.61. The van der Waals surface area contributed by atoms with Crippen molar-refractivity contribution in [2.45, 2.75) is 25.8 Å². The fourth-order valence-corrected chi connectivity index (χ4v) is 4.15. The Labute approximate surface area is 163 Å². The average molecular weight is 372 g/mol. The Hall–Kier alpha value is -1.92. The summed E-state index contributed by atoms with van der Waals surface area (Å²) in [7, 11) is 0. The highest BCUT2D eigenvalue weighted by Crippen LogP contribution is 2.21. The quantitative estimate of drug-likeness (QED) is 0.738. The molecule has 6 heteroatoms. The van der Waals surface area contributed by atoms with E-state index in [1.807, 2.05) is 19.2 Å². The van der Waals surface area contributed by atoms with Gasteiger partial charge in [-0.3, -0.25) is 14.6 Å². The summed E-state index contributed by atoms with van der Waals surface area (Å²) in [5, 5.41) is 2.93. The Morgan fingerprint density at radius 1 is 1.33 bits per heavy atom. The number of hydrogen-bond donors (Lipinski definition) is 1. The number of pyridine rings is 1. The van der Waals surface area contributed by atoms with Crippen molar-refractivity contribution in [3.8, 4) is 0 Å². The molecule has 0 saturated carbocycles. The Bertz CT molecular complexity index is 600. The van der Waals surface area contributed by atoms with Gasteiger partial charge in [-0.25, -0.2) is 4.98 Å². The minimum Gasteiger partial charge on any atom is -0.354 e. The van der Waals surface area contributed by atoms with E-state index in [0.717, 1.165) is 51.6 Å². The van der Waals surface area contributed by atoms with Crippen LogP contribution in [0.2, 0.25) is 0 Å². The first-order valence-electron chi connectivity index (χ1n) is 10.2. The maximum Gasteiger partial charge on any atom is 0.237 e. The Morgan fingerprint density at radius 3 is 2.85 bits per heavy atom. The Kier molecular flexibility index (Phi) is 7.24. The predicted molar refractivity (Wildman–Crippen MR) is 110 cm³/mol. The van der Waals surface area contributed by atoms with Gasteiger partial charge in [-0.2, -0.15) is 0 Å². The van der Waals surface area contributed by atoms with Crippen LogP contribution in [0.25, 0.3) is 0 Å². The monoisotopic (exact) mass is 371 g/mol. The third kappa shape index (κ3) is 5.53. The fourth-order valence-electron chi connectivity index (χ4n) is 4.15. The summed E-state index contributed by atoms with van der Waals surface area (Å²) in [5.74, 6) is 1.84. The smallest absolute Gasteiger partial charge is 0.237 e. The number of likely N-dealkylation sites (tertiary alicyclic amines) is 1. The largest absolute Gasteiger partial charge is 0.354 e. The van der Waals surface area contributed by atoms with Crippen molar-refractivity contribution in [2.75, 3.05) is 57.3 Å². The summed E-state index contributed by atoms with van der Waals surface area (Å²) < 4.78 is 0. The first-order chi connectivity index (χ1) is 13.2. The molecule has 1 aromatic rings. The van der Waals surface area contributed by atoms with Gasteiger partial charge in [0, 0.05) is 52.0 Å². The lowest BCUT2D eigenvalue weighted by molar-refractivity contribution is -0.126. The molecule has 0 aromatic carbocycles. The number of piperazine rings is 1. The summed E-state index contributed by atoms with van der Waals surface area (Å²) in [6, 6.07) is 6.05. The molecule has 2 saturated heterocycles. The zero-order valence-corrected chi connectivity index (χ0v) is 16.5. The second-order valence-corrected chi connectivity index (χ2v) is 7.69. The summed E-state index contributed by atoms with van der Waals surface area (Å²) in [5.41, 5.74) is 0. The van der Waals surface area contributed by atoms with E-state index in [0.29, 0.717) is 12.5 Å². The standard InChI is InChI=1S/C21H33N5O/c1-3-9-23-21(27)18(2)26-11-6-7-19(17-26)16-24-12-14-25(15-13-24)20-8-4-5-10-22-20/h3-5,8,10,18-19H,1,6-7,9,11-17H2,2H3,(H,23,27)/t18-,19-/m1/s1. The lowest BCUT2D eigenvalue weighted by Gasteiger charge is -2.40. The fraction of sp³-hybridized carbons (Fsp3) is 0.619. The van der Waals surface area contributed by atoms with Crippen LogP contribution < -0.4 is 10.2 Å².